The number of morpholine rings is 1. The summed E-state index contributed by atoms with van der Waals surface area (Å²) in [4.78, 5) is 26.8. The van der Waals surface area contributed by atoms with E-state index >= 15 is 0 Å². The lowest BCUT2D eigenvalue weighted by Crippen LogP contribution is -2.37. The van der Waals surface area contributed by atoms with Crippen molar-refractivity contribution in [2.75, 3.05) is 31.2 Å². The predicted molar refractivity (Wildman–Crippen MR) is 89.0 cm³/mol. The smallest absolute Gasteiger partial charge is 0.342 e. The van der Waals surface area contributed by atoms with Gasteiger partial charge in [0.2, 0.25) is 5.43 Å². The van der Waals surface area contributed by atoms with Gasteiger partial charge in [0, 0.05) is 23.9 Å². The van der Waals surface area contributed by atoms with Crippen molar-refractivity contribution in [3.8, 4) is 0 Å². The van der Waals surface area contributed by atoms with E-state index < -0.39 is 11.4 Å². The van der Waals surface area contributed by atoms with Gasteiger partial charge in [-0.05, 0) is 12.1 Å². The van der Waals surface area contributed by atoms with Gasteiger partial charge in [0.05, 0.1) is 18.7 Å². The summed E-state index contributed by atoms with van der Waals surface area (Å²) in [5.74, 6) is -0.277. The largest absolute Gasteiger partial charge is 0.477 e. The number of carboxylic acids is 1. The maximum absolute atomic E-state index is 12.5. The maximum atomic E-state index is 12.5. The number of aromatic carboxylic acids is 1. The van der Waals surface area contributed by atoms with Crippen LogP contribution in [0.2, 0.25) is 0 Å². The molecule has 118 valence electrons. The molecule has 7 heteroatoms. The first-order valence-corrected chi connectivity index (χ1v) is 8.17. The fraction of sp³-hybridized carbons (Fsp3) is 0.250. The third-order valence-electron chi connectivity index (χ3n) is 4.09. The van der Waals surface area contributed by atoms with Gasteiger partial charge in [0.1, 0.15) is 16.2 Å². The number of benzene rings is 1. The third kappa shape index (κ3) is 2.12. The molecule has 1 saturated heterocycles. The summed E-state index contributed by atoms with van der Waals surface area (Å²) < 4.78 is 7.27. The number of carboxylic acid groups (broad SMARTS) is 1. The van der Waals surface area contributed by atoms with Gasteiger partial charge >= 0.3 is 5.97 Å². The molecule has 1 fully saturated rings. The summed E-state index contributed by atoms with van der Waals surface area (Å²) >= 11 is 1.29. The highest BCUT2D eigenvalue weighted by molar-refractivity contribution is 7.16. The van der Waals surface area contributed by atoms with Crippen molar-refractivity contribution in [2.24, 2.45) is 0 Å². The molecule has 1 N–H and O–H groups in total. The van der Waals surface area contributed by atoms with Crippen LogP contribution in [0.4, 0.5) is 5.82 Å². The minimum atomic E-state index is -1.19. The van der Waals surface area contributed by atoms with Crippen LogP contribution in [0.5, 0.6) is 0 Å². The van der Waals surface area contributed by atoms with Crippen LogP contribution in [0.1, 0.15) is 10.4 Å². The average molecular weight is 330 g/mol. The summed E-state index contributed by atoms with van der Waals surface area (Å²) in [5.41, 5.74) is 0.150. The Kier molecular flexibility index (Phi) is 3.32. The van der Waals surface area contributed by atoms with Gasteiger partial charge in [0.15, 0.2) is 0 Å². The molecule has 0 atom stereocenters. The summed E-state index contributed by atoms with van der Waals surface area (Å²) in [7, 11) is 0. The van der Waals surface area contributed by atoms with Gasteiger partial charge in [-0.1, -0.05) is 12.1 Å². The maximum Gasteiger partial charge on any atom is 0.342 e. The average Bonchev–Trinajstić information content (AvgIpc) is 3.00. The Morgan fingerprint density at radius 3 is 2.70 bits per heavy atom. The summed E-state index contributed by atoms with van der Waals surface area (Å²) in [6.45, 7) is 2.77. The molecule has 0 saturated carbocycles. The fourth-order valence-corrected chi connectivity index (χ4v) is 4.08. The summed E-state index contributed by atoms with van der Waals surface area (Å²) in [6, 6.07) is 7.14. The second kappa shape index (κ2) is 5.36. The van der Waals surface area contributed by atoms with Crippen molar-refractivity contribution >= 4 is 38.9 Å². The number of nitrogens with zero attached hydrogens (tertiary/aromatic N) is 2. The van der Waals surface area contributed by atoms with Crippen LogP contribution in [-0.2, 0) is 4.74 Å². The van der Waals surface area contributed by atoms with Gasteiger partial charge in [0.25, 0.3) is 0 Å². The van der Waals surface area contributed by atoms with Crippen LogP contribution in [0.15, 0.2) is 34.4 Å². The van der Waals surface area contributed by atoms with Crippen molar-refractivity contribution in [3.63, 3.8) is 0 Å². The molecule has 0 spiro atoms. The molecule has 0 unspecified atom stereocenters. The molecule has 0 bridgehead atoms. The Bertz CT molecular complexity index is 969. The molecule has 6 nitrogen and oxygen atoms in total. The Morgan fingerprint density at radius 1 is 1.22 bits per heavy atom. The lowest BCUT2D eigenvalue weighted by molar-refractivity contribution is 0.0697. The number of rotatable bonds is 2. The van der Waals surface area contributed by atoms with Crippen molar-refractivity contribution in [1.82, 2.24) is 4.40 Å². The monoisotopic (exact) mass is 330 g/mol. The van der Waals surface area contributed by atoms with Crippen molar-refractivity contribution in [2.45, 2.75) is 0 Å². The molecule has 4 rings (SSSR count). The van der Waals surface area contributed by atoms with E-state index in [9.17, 15) is 14.7 Å². The van der Waals surface area contributed by atoms with E-state index in [4.69, 9.17) is 4.74 Å². The first kappa shape index (κ1) is 14.2. The van der Waals surface area contributed by atoms with Crippen LogP contribution in [0, 0.1) is 0 Å². The van der Waals surface area contributed by atoms with E-state index in [1.807, 2.05) is 21.9 Å². The standard InChI is InChI=1S/C16H14N2O4S/c19-14-10-3-1-2-4-11(10)18-12(17-5-7-22-8-6-17)9-23-15(18)13(14)16(20)21/h1-4,9H,5-8H2,(H,20,21). The van der Waals surface area contributed by atoms with E-state index in [1.165, 1.54) is 11.3 Å². The summed E-state index contributed by atoms with van der Waals surface area (Å²) in [6.07, 6.45) is 0. The molecule has 23 heavy (non-hydrogen) atoms. The fourth-order valence-electron chi connectivity index (χ4n) is 3.01. The van der Waals surface area contributed by atoms with Crippen LogP contribution < -0.4 is 10.3 Å². The van der Waals surface area contributed by atoms with Gasteiger partial charge in [-0.2, -0.15) is 0 Å². The topological polar surface area (TPSA) is 71.2 Å². The Labute approximate surface area is 135 Å². The highest BCUT2D eigenvalue weighted by Gasteiger charge is 2.23. The molecule has 0 amide bonds. The predicted octanol–water partition coefficient (Wildman–Crippen LogP) is 2.05. The lowest BCUT2D eigenvalue weighted by Gasteiger charge is -2.28. The van der Waals surface area contributed by atoms with Crippen LogP contribution in [-0.4, -0.2) is 41.8 Å². The molecule has 3 heterocycles. The van der Waals surface area contributed by atoms with E-state index in [1.54, 1.807) is 12.1 Å². The third-order valence-corrected chi connectivity index (χ3v) is 5.03. The number of pyridine rings is 1. The van der Waals surface area contributed by atoms with Gasteiger partial charge in [-0.15, -0.1) is 11.3 Å². The zero-order valence-electron chi connectivity index (χ0n) is 12.2. The molecule has 3 aromatic rings. The number of ether oxygens (including phenoxy) is 1. The number of carbonyl (C=O) groups is 1. The second-order valence-electron chi connectivity index (χ2n) is 5.36. The minimum absolute atomic E-state index is 0.159. The van der Waals surface area contributed by atoms with Crippen LogP contribution in [0.25, 0.3) is 15.7 Å². The number of anilines is 1. The van der Waals surface area contributed by atoms with E-state index in [-0.39, 0.29) is 5.56 Å². The molecule has 1 aliphatic heterocycles. The molecular formula is C16H14N2O4S. The SMILES string of the molecule is O=C(O)c1c(=O)c2ccccc2n2c(N3CCOCC3)csc12. The number of aromatic nitrogens is 1. The molecule has 1 aromatic carbocycles. The van der Waals surface area contributed by atoms with Gasteiger partial charge in [-0.25, -0.2) is 4.79 Å². The zero-order valence-corrected chi connectivity index (χ0v) is 13.0. The second-order valence-corrected chi connectivity index (χ2v) is 6.22. The first-order valence-electron chi connectivity index (χ1n) is 7.29. The summed E-state index contributed by atoms with van der Waals surface area (Å²) in [5, 5.41) is 11.8. The lowest BCUT2D eigenvalue weighted by atomic mass is 10.1. The van der Waals surface area contributed by atoms with Crippen molar-refractivity contribution in [3.05, 3.63) is 45.4 Å². The van der Waals surface area contributed by atoms with Crippen molar-refractivity contribution in [1.29, 1.82) is 0 Å². The quantitative estimate of drug-likeness (QED) is 0.779. The van der Waals surface area contributed by atoms with Gasteiger partial charge < -0.3 is 14.7 Å². The normalized spacial score (nSPS) is 15.4. The molecule has 0 aliphatic carbocycles. The number of hydrogen-bond acceptors (Lipinski definition) is 5. The van der Waals surface area contributed by atoms with E-state index in [2.05, 4.69) is 4.90 Å². The minimum Gasteiger partial charge on any atom is -0.477 e. The Balaban J connectivity index is 2.11. The molecule has 2 aromatic heterocycles. The first-order chi connectivity index (χ1) is 11.2. The highest BCUT2D eigenvalue weighted by Crippen LogP contribution is 2.30. The number of thiazole rings is 1. The molecular weight excluding hydrogens is 316 g/mol. The van der Waals surface area contributed by atoms with E-state index in [0.29, 0.717) is 23.4 Å². The number of hydrogen-bond donors (Lipinski definition) is 1. The van der Waals surface area contributed by atoms with Gasteiger partial charge in [-0.3, -0.25) is 9.20 Å². The van der Waals surface area contributed by atoms with Crippen LogP contribution in [0.3, 0.4) is 0 Å². The number of fused-ring (bicyclic) bond motifs is 3. The Hall–Kier alpha value is -2.38. The van der Waals surface area contributed by atoms with Crippen molar-refractivity contribution < 1.29 is 14.6 Å². The van der Waals surface area contributed by atoms with E-state index in [0.717, 1.165) is 24.4 Å². The highest BCUT2D eigenvalue weighted by atomic mass is 32.1. The van der Waals surface area contributed by atoms with Crippen LogP contribution >= 0.6 is 11.3 Å². The molecule has 0 radical (unpaired) electrons. The molecule has 1 aliphatic rings. The number of para-hydroxylation sites is 1. The zero-order chi connectivity index (χ0) is 16.0. The Morgan fingerprint density at radius 2 is 1.96 bits per heavy atom.